The van der Waals surface area contributed by atoms with Crippen molar-refractivity contribution < 1.29 is 0 Å². The molecule has 0 aliphatic heterocycles. The van der Waals surface area contributed by atoms with Gasteiger partial charge in [-0.3, -0.25) is 0 Å². The molecule has 22 heavy (non-hydrogen) atoms. The summed E-state index contributed by atoms with van der Waals surface area (Å²) in [5, 5.41) is 7.87. The fourth-order valence-corrected chi connectivity index (χ4v) is 3.48. The summed E-state index contributed by atoms with van der Waals surface area (Å²) in [6.45, 7) is 0. The van der Waals surface area contributed by atoms with Crippen molar-refractivity contribution in [2.75, 3.05) is 0 Å². The third kappa shape index (κ3) is 1.58. The lowest BCUT2D eigenvalue weighted by atomic mass is 9.91. The van der Waals surface area contributed by atoms with E-state index >= 15 is 0 Å². The first-order valence-electron chi connectivity index (χ1n) is 7.54. The molecular weight excluding hydrogens is 264 g/mol. The van der Waals surface area contributed by atoms with E-state index in [0.717, 1.165) is 0 Å². The maximum Gasteiger partial charge on any atom is -0.00264 e. The monoisotopic (exact) mass is 277 g/mol. The zero-order valence-corrected chi connectivity index (χ0v) is 12.0. The third-order valence-corrected chi connectivity index (χ3v) is 4.50. The Morgan fingerprint density at radius 2 is 1.05 bits per heavy atom. The highest BCUT2D eigenvalue weighted by Crippen LogP contribution is 2.36. The van der Waals surface area contributed by atoms with E-state index in [2.05, 4.69) is 84.9 Å². The van der Waals surface area contributed by atoms with Crippen LogP contribution in [0.25, 0.3) is 43.4 Å². The van der Waals surface area contributed by atoms with Crippen LogP contribution in [-0.4, -0.2) is 0 Å². The summed E-state index contributed by atoms with van der Waals surface area (Å²) in [4.78, 5) is 0. The predicted molar refractivity (Wildman–Crippen MR) is 94.4 cm³/mol. The van der Waals surface area contributed by atoms with Crippen LogP contribution in [0.3, 0.4) is 0 Å². The first-order chi connectivity index (χ1) is 10.9. The lowest BCUT2D eigenvalue weighted by Gasteiger charge is -2.12. The number of hydrogen-bond acceptors (Lipinski definition) is 0. The molecule has 0 atom stereocenters. The number of benzene rings is 5. The first-order valence-corrected chi connectivity index (χ1v) is 7.54. The molecule has 0 nitrogen and oxygen atoms in total. The van der Waals surface area contributed by atoms with Crippen LogP contribution in [0.4, 0.5) is 0 Å². The molecule has 0 saturated heterocycles. The average molecular weight is 277 g/mol. The van der Waals surface area contributed by atoms with Gasteiger partial charge in [0.2, 0.25) is 0 Å². The van der Waals surface area contributed by atoms with Gasteiger partial charge in [0.15, 0.2) is 0 Å². The summed E-state index contributed by atoms with van der Waals surface area (Å²) in [6, 6.07) is 31.4. The lowest BCUT2D eigenvalue weighted by Crippen LogP contribution is -1.85. The molecule has 0 fully saturated rings. The van der Waals surface area contributed by atoms with E-state index in [4.69, 9.17) is 0 Å². The third-order valence-electron chi connectivity index (χ3n) is 4.50. The molecule has 0 aliphatic rings. The van der Waals surface area contributed by atoms with Crippen molar-refractivity contribution in [1.29, 1.82) is 0 Å². The SMILES string of the molecule is [c]1cc2ccc3cc(-c4ccccc4)cc4ccc(c1)c2c34. The van der Waals surface area contributed by atoms with Gasteiger partial charge < -0.3 is 0 Å². The molecule has 0 unspecified atom stereocenters. The fourth-order valence-electron chi connectivity index (χ4n) is 3.48. The van der Waals surface area contributed by atoms with Crippen LogP contribution in [0.2, 0.25) is 0 Å². The van der Waals surface area contributed by atoms with Crippen LogP contribution in [0.15, 0.2) is 78.9 Å². The van der Waals surface area contributed by atoms with Crippen molar-refractivity contribution >= 4 is 32.3 Å². The highest BCUT2D eigenvalue weighted by Gasteiger charge is 2.09. The second-order valence-corrected chi connectivity index (χ2v) is 5.80. The Labute approximate surface area is 129 Å². The van der Waals surface area contributed by atoms with Crippen molar-refractivity contribution in [1.82, 2.24) is 0 Å². The van der Waals surface area contributed by atoms with Gasteiger partial charge in [-0.05, 0) is 73.8 Å². The van der Waals surface area contributed by atoms with Crippen LogP contribution >= 0.6 is 0 Å². The van der Waals surface area contributed by atoms with Gasteiger partial charge in [-0.2, -0.15) is 0 Å². The standard InChI is InChI=1S/C22H13/c1-2-5-15(6-3-1)20-13-18-11-9-16-7-4-8-17-10-12-19(14-20)22(18)21(16)17/h1-3,5-14H. The van der Waals surface area contributed by atoms with Crippen molar-refractivity contribution in [3.05, 3.63) is 84.9 Å². The lowest BCUT2D eigenvalue weighted by molar-refractivity contribution is 1.66. The van der Waals surface area contributed by atoms with Gasteiger partial charge in [-0.15, -0.1) is 0 Å². The molecule has 0 bridgehead atoms. The van der Waals surface area contributed by atoms with Gasteiger partial charge in [-0.25, -0.2) is 0 Å². The summed E-state index contributed by atoms with van der Waals surface area (Å²) in [7, 11) is 0. The molecule has 0 saturated carbocycles. The minimum Gasteiger partial charge on any atom is -0.0622 e. The molecule has 1 radical (unpaired) electrons. The molecule has 0 N–H and O–H groups in total. The van der Waals surface area contributed by atoms with Gasteiger partial charge in [0.25, 0.3) is 0 Å². The van der Waals surface area contributed by atoms with E-state index in [1.54, 1.807) is 0 Å². The topological polar surface area (TPSA) is 0 Å². The summed E-state index contributed by atoms with van der Waals surface area (Å²) < 4.78 is 0. The Morgan fingerprint density at radius 1 is 0.500 bits per heavy atom. The summed E-state index contributed by atoms with van der Waals surface area (Å²) in [6.07, 6.45) is 0. The van der Waals surface area contributed by atoms with E-state index in [1.165, 1.54) is 43.4 Å². The molecule has 5 rings (SSSR count). The number of rotatable bonds is 1. The molecule has 0 aliphatic carbocycles. The average Bonchev–Trinajstić information content (AvgIpc) is 2.60. The first kappa shape index (κ1) is 11.8. The molecule has 0 amide bonds. The molecule has 0 aromatic heterocycles. The molecule has 0 heterocycles. The minimum atomic E-state index is 1.27. The van der Waals surface area contributed by atoms with Crippen LogP contribution in [0.5, 0.6) is 0 Å². The highest BCUT2D eigenvalue weighted by atomic mass is 14.1. The van der Waals surface area contributed by atoms with E-state index < -0.39 is 0 Å². The Balaban J connectivity index is 1.95. The Hall–Kier alpha value is -2.86. The van der Waals surface area contributed by atoms with Gasteiger partial charge in [0.05, 0.1) is 0 Å². The summed E-state index contributed by atoms with van der Waals surface area (Å²) in [5.74, 6) is 0. The normalized spacial score (nSPS) is 11.6. The summed E-state index contributed by atoms with van der Waals surface area (Å²) in [5.41, 5.74) is 2.54. The van der Waals surface area contributed by atoms with Crippen molar-refractivity contribution in [2.45, 2.75) is 0 Å². The van der Waals surface area contributed by atoms with E-state index in [-0.39, 0.29) is 0 Å². The quantitative estimate of drug-likeness (QED) is 0.327. The maximum atomic E-state index is 3.23. The van der Waals surface area contributed by atoms with Crippen LogP contribution in [-0.2, 0) is 0 Å². The molecule has 0 spiro atoms. The van der Waals surface area contributed by atoms with E-state index in [9.17, 15) is 0 Å². The minimum absolute atomic E-state index is 1.27. The molecule has 5 aromatic carbocycles. The second-order valence-electron chi connectivity index (χ2n) is 5.80. The smallest absolute Gasteiger partial charge is 0.00264 e. The maximum absolute atomic E-state index is 3.23. The van der Waals surface area contributed by atoms with Gasteiger partial charge in [0.1, 0.15) is 0 Å². The summed E-state index contributed by atoms with van der Waals surface area (Å²) >= 11 is 0. The highest BCUT2D eigenvalue weighted by molar-refractivity contribution is 6.23. The van der Waals surface area contributed by atoms with Crippen LogP contribution in [0, 0.1) is 6.07 Å². The fraction of sp³-hybridized carbons (Fsp3) is 0. The van der Waals surface area contributed by atoms with Crippen molar-refractivity contribution in [3.63, 3.8) is 0 Å². The number of hydrogen-bond donors (Lipinski definition) is 0. The zero-order valence-electron chi connectivity index (χ0n) is 12.0. The van der Waals surface area contributed by atoms with Gasteiger partial charge in [0, 0.05) is 0 Å². The second kappa shape index (κ2) is 4.32. The largest absolute Gasteiger partial charge is 0.0622 e. The molecule has 0 heteroatoms. The molecular formula is C22H13. The van der Waals surface area contributed by atoms with E-state index in [0.29, 0.717) is 0 Å². The van der Waals surface area contributed by atoms with E-state index in [1.807, 2.05) is 0 Å². The predicted octanol–water partition coefficient (Wildman–Crippen LogP) is 6.05. The molecule has 101 valence electrons. The zero-order chi connectivity index (χ0) is 14.5. The Morgan fingerprint density at radius 3 is 1.68 bits per heavy atom. The Bertz CT molecular complexity index is 1040. The molecule has 5 aromatic rings. The van der Waals surface area contributed by atoms with Crippen LogP contribution in [0.1, 0.15) is 0 Å². The van der Waals surface area contributed by atoms with Gasteiger partial charge >= 0.3 is 0 Å². The van der Waals surface area contributed by atoms with Crippen molar-refractivity contribution in [3.8, 4) is 11.1 Å². The van der Waals surface area contributed by atoms with Crippen LogP contribution < -0.4 is 0 Å². The van der Waals surface area contributed by atoms with Crippen molar-refractivity contribution in [2.24, 2.45) is 0 Å². The van der Waals surface area contributed by atoms with Gasteiger partial charge in [-0.1, -0.05) is 54.6 Å². The Kier molecular flexibility index (Phi) is 2.31.